The minimum absolute atomic E-state index is 0.0371. The number of carbonyl (C=O) groups excluding carboxylic acids is 1. The van der Waals surface area contributed by atoms with E-state index in [9.17, 15) is 4.79 Å². The maximum absolute atomic E-state index is 12.7. The number of amides is 1. The Balaban J connectivity index is 1.79. The molecule has 0 radical (unpaired) electrons. The van der Waals surface area contributed by atoms with Crippen LogP contribution in [0.1, 0.15) is 34.9 Å². The molecule has 2 aromatic heterocycles. The molecule has 0 bridgehead atoms. The van der Waals surface area contributed by atoms with Gasteiger partial charge in [0.15, 0.2) is 0 Å². The first kappa shape index (κ1) is 15.4. The smallest absolute Gasteiger partial charge is 0.270 e. The van der Waals surface area contributed by atoms with Gasteiger partial charge in [0.05, 0.1) is 17.3 Å². The molecule has 1 saturated heterocycles. The molecule has 0 spiro atoms. The van der Waals surface area contributed by atoms with Crippen LogP contribution >= 0.6 is 23.2 Å². The predicted molar refractivity (Wildman–Crippen MR) is 86.6 cm³/mol. The second-order valence-electron chi connectivity index (χ2n) is 5.77. The fourth-order valence-electron chi connectivity index (χ4n) is 2.90. The summed E-state index contributed by atoms with van der Waals surface area (Å²) in [6.45, 7) is 3.42. The van der Waals surface area contributed by atoms with Crippen molar-refractivity contribution in [2.24, 2.45) is 7.05 Å². The molecule has 2 aromatic rings. The Bertz CT molecular complexity index is 706. The van der Waals surface area contributed by atoms with E-state index in [1.54, 1.807) is 17.7 Å². The average molecular weight is 341 g/mol. The molecule has 5 nitrogen and oxygen atoms in total. The minimum atomic E-state index is -0.0371. The maximum Gasteiger partial charge on any atom is 0.270 e. The van der Waals surface area contributed by atoms with Crippen LogP contribution in [-0.4, -0.2) is 38.2 Å². The number of halogens is 2. The second kappa shape index (κ2) is 5.97. The summed E-state index contributed by atoms with van der Waals surface area (Å²) in [5.74, 6) is -0.0371. The first-order chi connectivity index (χ1) is 10.5. The van der Waals surface area contributed by atoms with Crippen LogP contribution in [0.4, 0.5) is 0 Å². The van der Waals surface area contributed by atoms with Gasteiger partial charge in [-0.3, -0.25) is 9.48 Å². The molecule has 1 aliphatic heterocycles. The van der Waals surface area contributed by atoms with Crippen molar-refractivity contribution in [3.63, 3.8) is 0 Å². The number of piperidine rings is 1. The summed E-state index contributed by atoms with van der Waals surface area (Å²) in [4.78, 5) is 14.6. The molecule has 3 heterocycles. The van der Waals surface area contributed by atoms with E-state index in [0.29, 0.717) is 22.4 Å². The summed E-state index contributed by atoms with van der Waals surface area (Å²) in [5.41, 5.74) is 1.65. The first-order valence-corrected chi connectivity index (χ1v) is 8.03. The second-order valence-corrected chi connectivity index (χ2v) is 6.54. The molecule has 3 rings (SSSR count). The van der Waals surface area contributed by atoms with E-state index < -0.39 is 0 Å². The van der Waals surface area contributed by atoms with Gasteiger partial charge in [-0.2, -0.15) is 5.10 Å². The van der Waals surface area contributed by atoms with Crippen molar-refractivity contribution in [1.29, 1.82) is 0 Å². The number of rotatable bonds is 2. The van der Waals surface area contributed by atoms with E-state index in [-0.39, 0.29) is 11.9 Å². The molecule has 1 amide bonds. The van der Waals surface area contributed by atoms with Crippen molar-refractivity contribution >= 4 is 29.1 Å². The van der Waals surface area contributed by atoms with Crippen molar-refractivity contribution < 1.29 is 4.79 Å². The number of hydrogen-bond acceptors (Lipinski definition) is 2. The summed E-state index contributed by atoms with van der Waals surface area (Å²) in [5, 5.41) is 5.17. The average Bonchev–Trinajstić information content (AvgIpc) is 3.06. The third-order valence-corrected chi connectivity index (χ3v) is 4.97. The zero-order chi connectivity index (χ0) is 15.9. The van der Waals surface area contributed by atoms with Crippen molar-refractivity contribution in [3.8, 4) is 0 Å². The van der Waals surface area contributed by atoms with E-state index in [4.69, 9.17) is 23.2 Å². The van der Waals surface area contributed by atoms with Gasteiger partial charge >= 0.3 is 0 Å². The molecule has 0 aliphatic carbocycles. The number of hydrogen-bond donors (Lipinski definition) is 0. The van der Waals surface area contributed by atoms with Crippen LogP contribution in [0.25, 0.3) is 0 Å². The molecule has 1 aliphatic rings. The molecule has 0 unspecified atom stereocenters. The van der Waals surface area contributed by atoms with Crippen molar-refractivity contribution in [1.82, 2.24) is 19.2 Å². The van der Waals surface area contributed by atoms with Gasteiger partial charge < -0.3 is 9.47 Å². The number of likely N-dealkylation sites (tertiary alicyclic amines) is 1. The quantitative estimate of drug-likeness (QED) is 0.841. The van der Waals surface area contributed by atoms with Gasteiger partial charge in [-0.25, -0.2) is 0 Å². The van der Waals surface area contributed by atoms with Gasteiger partial charge in [-0.15, -0.1) is 0 Å². The molecule has 0 saturated carbocycles. The summed E-state index contributed by atoms with van der Waals surface area (Å²) in [6, 6.07) is 1.85. The maximum atomic E-state index is 12.7. The molecular weight excluding hydrogens is 323 g/mol. The Labute approximate surface area is 139 Å². The molecule has 0 aromatic carbocycles. The number of nitrogens with zero attached hydrogens (tertiary/aromatic N) is 4. The van der Waals surface area contributed by atoms with Crippen LogP contribution in [0.15, 0.2) is 18.5 Å². The Morgan fingerprint density at radius 2 is 2.18 bits per heavy atom. The predicted octanol–water partition coefficient (Wildman–Crippen LogP) is 3.31. The lowest BCUT2D eigenvalue weighted by Gasteiger charge is -2.33. The normalized spacial score (nSPS) is 18.7. The molecule has 1 fully saturated rings. The third-order valence-electron chi connectivity index (χ3n) is 4.12. The van der Waals surface area contributed by atoms with E-state index in [1.807, 2.05) is 28.9 Å². The fraction of sp³-hybridized carbons (Fsp3) is 0.467. The van der Waals surface area contributed by atoms with Crippen molar-refractivity contribution in [2.75, 3.05) is 13.1 Å². The van der Waals surface area contributed by atoms with Gasteiger partial charge in [0.25, 0.3) is 5.91 Å². The van der Waals surface area contributed by atoms with Crippen LogP contribution in [0.3, 0.4) is 0 Å². The van der Waals surface area contributed by atoms with Gasteiger partial charge in [-0.1, -0.05) is 23.2 Å². The number of carbonyl (C=O) groups is 1. The summed E-state index contributed by atoms with van der Waals surface area (Å²) in [6.07, 6.45) is 5.85. The Morgan fingerprint density at radius 1 is 1.41 bits per heavy atom. The number of aryl methyl sites for hydroxylation is 1. The van der Waals surface area contributed by atoms with E-state index in [2.05, 4.69) is 5.10 Å². The fourth-order valence-corrected chi connectivity index (χ4v) is 3.27. The molecule has 0 N–H and O–H groups in total. The highest BCUT2D eigenvalue weighted by atomic mass is 35.5. The summed E-state index contributed by atoms with van der Waals surface area (Å²) < 4.78 is 3.59. The minimum Gasteiger partial charge on any atom is -0.335 e. The standard InChI is InChI=1S/C15H18Cl2N4O/c1-10-7-18-21(8-10)11-4-3-5-20(9-11)15(22)13-6-12(16)14(17)19(13)2/h6-8,11H,3-5,9H2,1-2H3/t11-/m0/s1. The molecule has 7 heteroatoms. The summed E-state index contributed by atoms with van der Waals surface area (Å²) in [7, 11) is 1.75. The van der Waals surface area contributed by atoms with Crippen LogP contribution in [0, 0.1) is 6.92 Å². The molecule has 1 atom stereocenters. The lowest BCUT2D eigenvalue weighted by molar-refractivity contribution is 0.0663. The molecular formula is C15H18Cl2N4O. The monoisotopic (exact) mass is 340 g/mol. The first-order valence-electron chi connectivity index (χ1n) is 7.28. The SMILES string of the molecule is Cc1cnn([C@H]2CCCN(C(=O)c3cc(Cl)c(Cl)n3C)C2)c1. The highest BCUT2D eigenvalue weighted by Crippen LogP contribution is 2.28. The van der Waals surface area contributed by atoms with Crippen molar-refractivity contribution in [3.05, 3.63) is 39.9 Å². The van der Waals surface area contributed by atoms with Crippen LogP contribution in [0.2, 0.25) is 10.2 Å². The van der Waals surface area contributed by atoms with Gasteiger partial charge in [0, 0.05) is 26.3 Å². The van der Waals surface area contributed by atoms with Gasteiger partial charge in [0.1, 0.15) is 10.8 Å². The lowest BCUT2D eigenvalue weighted by Crippen LogP contribution is -2.41. The Hall–Kier alpha value is -1.46. The van der Waals surface area contributed by atoms with Crippen LogP contribution in [0.5, 0.6) is 0 Å². The van der Waals surface area contributed by atoms with Gasteiger partial charge in [-0.05, 0) is 31.4 Å². The largest absolute Gasteiger partial charge is 0.335 e. The van der Waals surface area contributed by atoms with Crippen LogP contribution in [-0.2, 0) is 7.05 Å². The highest BCUT2D eigenvalue weighted by molar-refractivity contribution is 6.41. The van der Waals surface area contributed by atoms with Gasteiger partial charge in [0.2, 0.25) is 0 Å². The Morgan fingerprint density at radius 3 is 2.77 bits per heavy atom. The van der Waals surface area contributed by atoms with Crippen molar-refractivity contribution in [2.45, 2.75) is 25.8 Å². The highest BCUT2D eigenvalue weighted by Gasteiger charge is 2.28. The van der Waals surface area contributed by atoms with E-state index >= 15 is 0 Å². The van der Waals surface area contributed by atoms with E-state index in [1.165, 1.54) is 0 Å². The molecule has 22 heavy (non-hydrogen) atoms. The summed E-state index contributed by atoms with van der Waals surface area (Å²) >= 11 is 12.1. The zero-order valence-corrected chi connectivity index (χ0v) is 14.1. The third kappa shape index (κ3) is 2.75. The van der Waals surface area contributed by atoms with E-state index in [0.717, 1.165) is 24.9 Å². The van der Waals surface area contributed by atoms with Crippen LogP contribution < -0.4 is 0 Å². The topological polar surface area (TPSA) is 43.1 Å². The lowest BCUT2D eigenvalue weighted by atomic mass is 10.1. The Kier molecular flexibility index (Phi) is 4.19. The number of aromatic nitrogens is 3. The zero-order valence-electron chi connectivity index (χ0n) is 12.6. The molecule has 118 valence electrons.